The van der Waals surface area contributed by atoms with Gasteiger partial charge in [0.15, 0.2) is 0 Å². The molecule has 1 radical (unpaired) electrons. The third kappa shape index (κ3) is 2.70. The van der Waals surface area contributed by atoms with Crippen molar-refractivity contribution in [2.75, 3.05) is 0 Å². The standard InChI is InChI=1S/C10H13.O.Sn/c1-2-3-7-10-8-5-4-6-9-10;;/h4-9H,2-3H2,1H3;;. The molecule has 0 N–H and O–H groups in total. The van der Waals surface area contributed by atoms with Gasteiger partial charge in [-0.05, 0) is 0 Å². The van der Waals surface area contributed by atoms with Gasteiger partial charge < -0.3 is 0 Å². The fourth-order valence-corrected chi connectivity index (χ4v) is 3.37. The van der Waals surface area contributed by atoms with E-state index >= 15 is 0 Å². The predicted octanol–water partition coefficient (Wildman–Crippen LogP) is 2.58. The van der Waals surface area contributed by atoms with Crippen molar-refractivity contribution in [2.45, 2.75) is 23.7 Å². The van der Waals surface area contributed by atoms with Gasteiger partial charge in [-0.1, -0.05) is 0 Å². The second-order valence-electron chi connectivity index (χ2n) is 2.87. The van der Waals surface area contributed by atoms with E-state index in [0.29, 0.717) is 3.93 Å². The molecule has 0 aliphatic carbocycles. The van der Waals surface area contributed by atoms with Crippen LogP contribution < -0.4 is 0 Å². The third-order valence-corrected chi connectivity index (χ3v) is 4.51. The summed E-state index contributed by atoms with van der Waals surface area (Å²) in [6.45, 7) is 2.14. The fourth-order valence-electron chi connectivity index (χ4n) is 1.27. The van der Waals surface area contributed by atoms with Crippen LogP contribution in [0.1, 0.15) is 29.3 Å². The molecule has 2 heteroatoms. The van der Waals surface area contributed by atoms with Crippen LogP contribution in [-0.4, -0.2) is 21.1 Å². The number of benzene rings is 1. The quantitative estimate of drug-likeness (QED) is 0.767. The van der Waals surface area contributed by atoms with Gasteiger partial charge in [0.25, 0.3) is 0 Å². The van der Waals surface area contributed by atoms with E-state index in [2.05, 4.69) is 19.1 Å². The zero-order valence-corrected chi connectivity index (χ0v) is 10.1. The Labute approximate surface area is 83.8 Å². The molecule has 0 heterocycles. The van der Waals surface area contributed by atoms with E-state index in [9.17, 15) is 3.08 Å². The SMILES string of the molecule is CCC[CH]([Sn]=[O])c1ccccc1. The van der Waals surface area contributed by atoms with Crippen molar-refractivity contribution < 1.29 is 3.08 Å². The molecule has 0 saturated carbocycles. The molecule has 1 unspecified atom stereocenters. The normalized spacial score (nSPS) is 12.4. The topological polar surface area (TPSA) is 17.1 Å². The van der Waals surface area contributed by atoms with E-state index in [-0.39, 0.29) is 0 Å². The Bertz CT molecular complexity index is 233. The summed E-state index contributed by atoms with van der Waals surface area (Å²) in [4.78, 5) is 0. The second kappa shape index (κ2) is 5.46. The van der Waals surface area contributed by atoms with Crippen LogP contribution in [0.25, 0.3) is 0 Å². The van der Waals surface area contributed by atoms with Gasteiger partial charge in [0, 0.05) is 0 Å². The van der Waals surface area contributed by atoms with Crippen LogP contribution in [0.4, 0.5) is 0 Å². The summed E-state index contributed by atoms with van der Waals surface area (Å²) < 4.78 is 11.4. The predicted molar refractivity (Wildman–Crippen MR) is 50.5 cm³/mol. The summed E-state index contributed by atoms with van der Waals surface area (Å²) in [7, 11) is 0. The first-order valence-electron chi connectivity index (χ1n) is 4.31. The van der Waals surface area contributed by atoms with Crippen molar-refractivity contribution in [1.29, 1.82) is 0 Å². The molecule has 1 rings (SSSR count). The Hall–Kier alpha value is -0.181. The van der Waals surface area contributed by atoms with Crippen molar-refractivity contribution in [2.24, 2.45) is 0 Å². The van der Waals surface area contributed by atoms with Crippen molar-refractivity contribution >= 4 is 21.1 Å². The van der Waals surface area contributed by atoms with E-state index in [0.717, 1.165) is 12.8 Å². The molecule has 1 aromatic carbocycles. The summed E-state index contributed by atoms with van der Waals surface area (Å²) in [5.41, 5.74) is 1.26. The molecule has 12 heavy (non-hydrogen) atoms. The molecular weight excluding hydrogens is 255 g/mol. The number of hydrogen-bond acceptors (Lipinski definition) is 1. The van der Waals surface area contributed by atoms with Gasteiger partial charge in [-0.3, -0.25) is 0 Å². The monoisotopic (exact) mass is 269 g/mol. The fraction of sp³-hybridized carbons (Fsp3) is 0.400. The molecule has 0 aliphatic heterocycles. The van der Waals surface area contributed by atoms with Crippen molar-refractivity contribution in [1.82, 2.24) is 0 Å². The minimum absolute atomic E-state index is 0.389. The van der Waals surface area contributed by atoms with Crippen LogP contribution >= 0.6 is 0 Å². The molecule has 0 spiro atoms. The summed E-state index contributed by atoms with van der Waals surface area (Å²) in [5, 5.41) is 0. The molecular formula is C10H13OSn. The zero-order valence-electron chi connectivity index (χ0n) is 7.29. The Kier molecular flexibility index (Phi) is 4.51. The molecule has 0 aromatic heterocycles. The summed E-state index contributed by atoms with van der Waals surface area (Å²) in [6, 6.07) is 10.2. The van der Waals surface area contributed by atoms with Crippen LogP contribution in [0.15, 0.2) is 30.3 Å². The van der Waals surface area contributed by atoms with Gasteiger partial charge in [0.2, 0.25) is 0 Å². The molecule has 1 aromatic rings. The Balaban J connectivity index is 2.73. The van der Waals surface area contributed by atoms with Crippen molar-refractivity contribution in [3.63, 3.8) is 0 Å². The Morgan fingerprint density at radius 3 is 2.50 bits per heavy atom. The third-order valence-electron chi connectivity index (χ3n) is 1.92. The van der Waals surface area contributed by atoms with Gasteiger partial charge in [0.1, 0.15) is 0 Å². The van der Waals surface area contributed by atoms with Crippen LogP contribution in [0.2, 0.25) is 0 Å². The molecule has 63 valence electrons. The van der Waals surface area contributed by atoms with E-state index in [1.807, 2.05) is 18.2 Å². The first-order valence-corrected chi connectivity index (χ1v) is 7.12. The Morgan fingerprint density at radius 2 is 2.00 bits per heavy atom. The van der Waals surface area contributed by atoms with Crippen LogP contribution in [0.3, 0.4) is 0 Å². The van der Waals surface area contributed by atoms with E-state index in [1.54, 1.807) is 0 Å². The van der Waals surface area contributed by atoms with Gasteiger partial charge in [-0.25, -0.2) is 0 Å². The van der Waals surface area contributed by atoms with Crippen molar-refractivity contribution in [3.8, 4) is 0 Å². The summed E-state index contributed by atoms with van der Waals surface area (Å²) >= 11 is -1.39. The average Bonchev–Trinajstić information content (AvgIpc) is 2.15. The van der Waals surface area contributed by atoms with Crippen LogP contribution in [0.5, 0.6) is 0 Å². The van der Waals surface area contributed by atoms with E-state index in [4.69, 9.17) is 0 Å². The first kappa shape index (κ1) is 9.90. The van der Waals surface area contributed by atoms with Crippen LogP contribution in [-0.2, 0) is 3.08 Å². The Morgan fingerprint density at radius 1 is 1.33 bits per heavy atom. The molecule has 1 atom stereocenters. The molecule has 1 nitrogen and oxygen atoms in total. The average molecular weight is 268 g/mol. The summed E-state index contributed by atoms with van der Waals surface area (Å²) in [6.07, 6.45) is 2.21. The van der Waals surface area contributed by atoms with Crippen LogP contribution in [0, 0.1) is 0 Å². The van der Waals surface area contributed by atoms with Gasteiger partial charge in [0.05, 0.1) is 0 Å². The number of rotatable bonds is 4. The molecule has 0 bridgehead atoms. The second-order valence-corrected chi connectivity index (χ2v) is 5.53. The molecule has 0 amide bonds. The molecule has 0 aliphatic rings. The van der Waals surface area contributed by atoms with Gasteiger partial charge in [-0.2, -0.15) is 0 Å². The van der Waals surface area contributed by atoms with E-state index in [1.165, 1.54) is 5.56 Å². The first-order chi connectivity index (χ1) is 5.88. The maximum atomic E-state index is 11.0. The number of hydrogen-bond donors (Lipinski definition) is 0. The zero-order chi connectivity index (χ0) is 8.81. The maximum absolute atomic E-state index is 11.0. The van der Waals surface area contributed by atoms with Gasteiger partial charge >= 0.3 is 83.8 Å². The van der Waals surface area contributed by atoms with E-state index < -0.39 is 21.1 Å². The summed E-state index contributed by atoms with van der Waals surface area (Å²) in [5.74, 6) is 0. The van der Waals surface area contributed by atoms with Gasteiger partial charge in [-0.15, -0.1) is 0 Å². The minimum atomic E-state index is -1.39. The van der Waals surface area contributed by atoms with Crippen molar-refractivity contribution in [3.05, 3.63) is 35.9 Å². The molecule has 0 fully saturated rings. The molecule has 0 saturated heterocycles.